The van der Waals surface area contributed by atoms with Gasteiger partial charge in [0.05, 0.1) is 30.6 Å². The molecule has 1 spiro atoms. The number of carbonyl (C=O) groups excluding carboxylic acids is 2. The Kier molecular flexibility index (Phi) is 6.96. The number of aliphatic hydroxyl groups excluding tert-OH is 1. The molecule has 2 bridgehead atoms. The number of para-hydroxylation sites is 1. The van der Waals surface area contributed by atoms with E-state index in [4.69, 9.17) is 4.74 Å². The molecule has 0 saturated carbocycles. The number of rotatable bonds is 8. The van der Waals surface area contributed by atoms with Crippen molar-refractivity contribution in [1.29, 1.82) is 0 Å². The third-order valence-corrected chi connectivity index (χ3v) is 9.07. The van der Waals surface area contributed by atoms with Gasteiger partial charge in [0, 0.05) is 17.1 Å². The van der Waals surface area contributed by atoms with Crippen molar-refractivity contribution in [2.45, 2.75) is 48.9 Å². The topological polar surface area (TPSA) is 107 Å². The number of aliphatic carboxylic acids is 1. The lowest BCUT2D eigenvalue weighted by molar-refractivity contribution is -0.151. The maximum Gasteiger partial charge on any atom is 0.310 e. The number of amides is 2. The van der Waals surface area contributed by atoms with Crippen molar-refractivity contribution in [3.05, 3.63) is 77.9 Å². The Balaban J connectivity index is 1.70. The van der Waals surface area contributed by atoms with Gasteiger partial charge in [-0.15, -0.1) is 6.58 Å². The molecular formula is C29H31BrN2O6. The minimum absolute atomic E-state index is 0.183. The lowest BCUT2D eigenvalue weighted by atomic mass is 9.70. The quantitative estimate of drug-likeness (QED) is 0.365. The van der Waals surface area contributed by atoms with Crippen LogP contribution in [0.25, 0.3) is 0 Å². The van der Waals surface area contributed by atoms with Gasteiger partial charge in [-0.1, -0.05) is 70.5 Å². The second-order valence-electron chi connectivity index (χ2n) is 10.3. The number of benzene rings is 2. The van der Waals surface area contributed by atoms with E-state index in [0.717, 1.165) is 11.1 Å². The summed E-state index contributed by atoms with van der Waals surface area (Å²) < 4.78 is 6.41. The largest absolute Gasteiger partial charge is 0.481 e. The molecule has 5 rings (SSSR count). The molecule has 9 heteroatoms. The molecule has 38 heavy (non-hydrogen) atoms. The lowest BCUT2D eigenvalue weighted by Crippen LogP contribution is -2.57. The van der Waals surface area contributed by atoms with Crippen LogP contribution in [0.3, 0.4) is 0 Å². The molecule has 0 radical (unpaired) electrons. The standard InChI is InChI=1S/C29H31BrN2O6/c1-4-13-31(23-16(2)9-8-10-17(23)3)27(35)25-29-14-19(30)24(38-29)21(28(36)37)22(29)26(34)32(25)20(15-33)18-11-6-5-7-12-18/h4-12,19-22,24-25,33H,1,13-15H2,2-3H3,(H,36,37)/t19?,20-,21-,22+,24-,25?,29?/m1/s1. The van der Waals surface area contributed by atoms with Crippen LogP contribution in [0.1, 0.15) is 29.2 Å². The Labute approximate surface area is 230 Å². The molecule has 3 heterocycles. The summed E-state index contributed by atoms with van der Waals surface area (Å²) in [4.78, 5) is 44.0. The fourth-order valence-electron chi connectivity index (χ4n) is 6.79. The first-order chi connectivity index (χ1) is 18.2. The van der Waals surface area contributed by atoms with Crippen LogP contribution in [0.2, 0.25) is 0 Å². The van der Waals surface area contributed by atoms with Crippen LogP contribution in [0.4, 0.5) is 5.69 Å². The van der Waals surface area contributed by atoms with Gasteiger partial charge >= 0.3 is 5.97 Å². The van der Waals surface area contributed by atoms with E-state index < -0.39 is 54.1 Å². The van der Waals surface area contributed by atoms with E-state index >= 15 is 0 Å². The van der Waals surface area contributed by atoms with Crippen LogP contribution in [0.5, 0.6) is 0 Å². The number of carboxylic acids is 1. The van der Waals surface area contributed by atoms with Gasteiger partial charge in [0.25, 0.3) is 5.91 Å². The monoisotopic (exact) mass is 582 g/mol. The number of hydrogen-bond donors (Lipinski definition) is 2. The number of ether oxygens (including phenoxy) is 1. The maximum absolute atomic E-state index is 14.7. The summed E-state index contributed by atoms with van der Waals surface area (Å²) in [5.41, 5.74) is 1.77. The highest BCUT2D eigenvalue weighted by molar-refractivity contribution is 9.09. The van der Waals surface area contributed by atoms with E-state index in [-0.39, 0.29) is 17.3 Å². The number of aryl methyl sites for hydroxylation is 2. The number of carbonyl (C=O) groups is 3. The molecule has 7 atom stereocenters. The van der Waals surface area contributed by atoms with Gasteiger partial charge in [0.15, 0.2) is 0 Å². The van der Waals surface area contributed by atoms with E-state index in [1.54, 1.807) is 35.2 Å². The Morgan fingerprint density at radius 3 is 2.45 bits per heavy atom. The molecule has 2 amide bonds. The Morgan fingerprint density at radius 1 is 1.21 bits per heavy atom. The van der Waals surface area contributed by atoms with Gasteiger partial charge < -0.3 is 24.7 Å². The average molecular weight is 583 g/mol. The molecule has 2 N–H and O–H groups in total. The van der Waals surface area contributed by atoms with Gasteiger partial charge in [-0.25, -0.2) is 0 Å². The van der Waals surface area contributed by atoms with E-state index in [2.05, 4.69) is 22.5 Å². The zero-order valence-corrected chi connectivity index (χ0v) is 22.9. The zero-order chi connectivity index (χ0) is 27.4. The Morgan fingerprint density at radius 2 is 1.87 bits per heavy atom. The lowest BCUT2D eigenvalue weighted by Gasteiger charge is -2.40. The Hall–Kier alpha value is -3.01. The van der Waals surface area contributed by atoms with Crippen molar-refractivity contribution in [2.24, 2.45) is 11.8 Å². The summed E-state index contributed by atoms with van der Waals surface area (Å²) in [6, 6.07) is 12.7. The summed E-state index contributed by atoms with van der Waals surface area (Å²) in [6.45, 7) is 7.43. The van der Waals surface area contributed by atoms with Crippen LogP contribution in [-0.2, 0) is 19.1 Å². The molecule has 8 nitrogen and oxygen atoms in total. The highest BCUT2D eigenvalue weighted by Crippen LogP contribution is 2.61. The summed E-state index contributed by atoms with van der Waals surface area (Å²) in [6.07, 6.45) is 1.18. The summed E-state index contributed by atoms with van der Waals surface area (Å²) in [7, 11) is 0. The number of hydrogen-bond acceptors (Lipinski definition) is 5. The second-order valence-corrected chi connectivity index (χ2v) is 11.5. The normalized spacial score (nSPS) is 30.3. The first-order valence-corrected chi connectivity index (χ1v) is 13.6. The van der Waals surface area contributed by atoms with Crippen molar-refractivity contribution in [3.63, 3.8) is 0 Å². The van der Waals surface area contributed by atoms with Crippen LogP contribution in [0.15, 0.2) is 61.2 Å². The number of alkyl halides is 1. The summed E-state index contributed by atoms with van der Waals surface area (Å²) in [5.74, 6) is -4.16. The molecule has 2 aromatic rings. The van der Waals surface area contributed by atoms with Crippen LogP contribution in [-0.4, -0.2) is 68.6 Å². The molecule has 3 aliphatic heterocycles. The van der Waals surface area contributed by atoms with E-state index in [1.807, 2.05) is 38.1 Å². The highest BCUT2D eigenvalue weighted by atomic mass is 79.9. The van der Waals surface area contributed by atoms with Gasteiger partial charge in [-0.3, -0.25) is 14.4 Å². The summed E-state index contributed by atoms with van der Waals surface area (Å²) in [5, 5.41) is 20.7. The molecule has 2 aromatic carbocycles. The molecule has 0 aromatic heterocycles. The van der Waals surface area contributed by atoms with Crippen molar-refractivity contribution >= 4 is 39.4 Å². The molecule has 3 saturated heterocycles. The number of fused-ring (bicyclic) bond motifs is 1. The third-order valence-electron chi connectivity index (χ3n) is 8.23. The summed E-state index contributed by atoms with van der Waals surface area (Å²) >= 11 is 3.58. The molecule has 0 aliphatic carbocycles. The van der Waals surface area contributed by atoms with Crippen LogP contribution in [0, 0.1) is 25.7 Å². The fourth-order valence-corrected chi connectivity index (χ4v) is 7.74. The first kappa shape index (κ1) is 26.6. The van der Waals surface area contributed by atoms with Crippen molar-refractivity contribution in [1.82, 2.24) is 4.90 Å². The zero-order valence-electron chi connectivity index (χ0n) is 21.3. The molecule has 3 fully saturated rings. The number of likely N-dealkylation sites (tertiary alicyclic amines) is 1. The number of aliphatic hydroxyl groups is 1. The fraction of sp³-hybridized carbons (Fsp3) is 0.414. The predicted molar refractivity (Wildman–Crippen MR) is 145 cm³/mol. The van der Waals surface area contributed by atoms with Gasteiger partial charge in [0.1, 0.15) is 11.6 Å². The van der Waals surface area contributed by atoms with Crippen LogP contribution >= 0.6 is 15.9 Å². The van der Waals surface area contributed by atoms with Gasteiger partial charge in [0.2, 0.25) is 5.91 Å². The number of nitrogens with zero attached hydrogens (tertiary/aromatic N) is 2. The highest BCUT2D eigenvalue weighted by Gasteiger charge is 2.77. The third kappa shape index (κ3) is 3.82. The van der Waals surface area contributed by atoms with Crippen LogP contribution < -0.4 is 4.90 Å². The Bertz CT molecular complexity index is 1260. The molecule has 3 aliphatic rings. The predicted octanol–water partition coefficient (Wildman–Crippen LogP) is 3.39. The van der Waals surface area contributed by atoms with Crippen molar-refractivity contribution in [2.75, 3.05) is 18.1 Å². The van der Waals surface area contributed by atoms with Gasteiger partial charge in [-0.05, 0) is 37.0 Å². The minimum atomic E-state index is -1.35. The van der Waals surface area contributed by atoms with E-state index in [9.17, 15) is 24.6 Å². The van der Waals surface area contributed by atoms with E-state index in [1.165, 1.54) is 4.90 Å². The SMILES string of the molecule is C=CCN(C(=O)C1N([C@H](CO)c2ccccc2)C(=O)[C@@H]2[C@@H](C(=O)O)[C@@H]3OC12CC3Br)c1c(C)cccc1C. The molecule has 3 unspecified atom stereocenters. The van der Waals surface area contributed by atoms with Crippen molar-refractivity contribution in [3.8, 4) is 0 Å². The number of anilines is 1. The molecular weight excluding hydrogens is 552 g/mol. The minimum Gasteiger partial charge on any atom is -0.481 e. The van der Waals surface area contributed by atoms with E-state index in [0.29, 0.717) is 17.7 Å². The average Bonchev–Trinajstić information content (AvgIpc) is 3.48. The maximum atomic E-state index is 14.7. The van der Waals surface area contributed by atoms with Gasteiger partial charge in [-0.2, -0.15) is 0 Å². The second kappa shape index (κ2) is 9.94. The number of halogens is 1. The molecule has 200 valence electrons. The number of carboxylic acid groups (broad SMARTS) is 1. The van der Waals surface area contributed by atoms with Crippen molar-refractivity contribution < 1.29 is 29.3 Å². The smallest absolute Gasteiger partial charge is 0.310 e. The first-order valence-electron chi connectivity index (χ1n) is 12.7.